The van der Waals surface area contributed by atoms with Crippen molar-refractivity contribution in [1.29, 1.82) is 0 Å². The van der Waals surface area contributed by atoms with E-state index >= 15 is 0 Å². The number of amides is 1. The molecule has 3 rings (SSSR count). The summed E-state index contributed by atoms with van der Waals surface area (Å²) in [7, 11) is 0. The van der Waals surface area contributed by atoms with E-state index < -0.39 is 0 Å². The fraction of sp³-hybridized carbons (Fsp3) is 0.429. The molecule has 1 fully saturated rings. The number of piperidine rings is 1. The van der Waals surface area contributed by atoms with E-state index in [0.29, 0.717) is 6.04 Å². The fourth-order valence-corrected chi connectivity index (χ4v) is 3.31. The van der Waals surface area contributed by atoms with Gasteiger partial charge in [0.2, 0.25) is 0 Å². The molecule has 25 heavy (non-hydrogen) atoms. The van der Waals surface area contributed by atoms with Gasteiger partial charge in [0.05, 0.1) is 6.04 Å². The molecular weight excluding hydrogens is 310 g/mol. The van der Waals surface area contributed by atoms with Crippen molar-refractivity contribution >= 4 is 11.7 Å². The smallest absolute Gasteiger partial charge is 0.254 e. The molecule has 1 aliphatic heterocycles. The molecule has 1 N–H and O–H groups in total. The Morgan fingerprint density at radius 1 is 1.24 bits per heavy atom. The molecule has 4 heteroatoms. The van der Waals surface area contributed by atoms with Crippen LogP contribution in [0.15, 0.2) is 48.7 Å². The number of carbonyl (C=O) groups is 1. The van der Waals surface area contributed by atoms with Crippen molar-refractivity contribution in [3.63, 3.8) is 0 Å². The molecule has 1 aliphatic rings. The van der Waals surface area contributed by atoms with E-state index in [4.69, 9.17) is 0 Å². The van der Waals surface area contributed by atoms with Gasteiger partial charge in [0.15, 0.2) is 0 Å². The van der Waals surface area contributed by atoms with Gasteiger partial charge in [-0.05, 0) is 56.4 Å². The van der Waals surface area contributed by atoms with Crippen LogP contribution in [0, 0.1) is 0 Å². The maximum Gasteiger partial charge on any atom is 0.254 e. The van der Waals surface area contributed by atoms with Crippen LogP contribution in [-0.4, -0.2) is 28.4 Å². The molecule has 1 amide bonds. The van der Waals surface area contributed by atoms with Crippen LogP contribution in [0.3, 0.4) is 0 Å². The van der Waals surface area contributed by atoms with Gasteiger partial charge in [-0.25, -0.2) is 4.98 Å². The monoisotopic (exact) mass is 337 g/mol. The van der Waals surface area contributed by atoms with Crippen LogP contribution in [0.4, 0.5) is 5.82 Å². The van der Waals surface area contributed by atoms with E-state index in [1.807, 2.05) is 47.5 Å². The molecule has 132 valence electrons. The molecule has 0 radical (unpaired) electrons. The van der Waals surface area contributed by atoms with Crippen LogP contribution in [0.25, 0.3) is 0 Å². The first kappa shape index (κ1) is 17.5. The van der Waals surface area contributed by atoms with Crippen molar-refractivity contribution in [1.82, 2.24) is 9.88 Å². The number of aromatic nitrogens is 1. The van der Waals surface area contributed by atoms with Crippen LogP contribution in [-0.2, 0) is 0 Å². The molecular formula is C21H27N3O. The van der Waals surface area contributed by atoms with Gasteiger partial charge >= 0.3 is 0 Å². The molecule has 0 spiro atoms. The standard InChI is InChI=1S/C21H27N3O/c1-3-16(2)23-20-13-12-18(15-22-20)19-11-7-8-14-24(19)21(25)17-9-5-4-6-10-17/h4-6,9-10,12-13,15-16,19H,3,7-8,11,14H2,1-2H3,(H,22,23). The summed E-state index contributed by atoms with van der Waals surface area (Å²) in [5.41, 5.74) is 1.89. The normalized spacial score (nSPS) is 18.6. The lowest BCUT2D eigenvalue weighted by atomic mass is 9.95. The number of rotatable bonds is 5. The Labute approximate surface area is 150 Å². The van der Waals surface area contributed by atoms with Crippen LogP contribution >= 0.6 is 0 Å². The van der Waals surface area contributed by atoms with Gasteiger partial charge in [-0.15, -0.1) is 0 Å². The summed E-state index contributed by atoms with van der Waals surface area (Å²) >= 11 is 0. The van der Waals surface area contributed by atoms with Crippen LogP contribution in [0.5, 0.6) is 0 Å². The Morgan fingerprint density at radius 2 is 2.04 bits per heavy atom. The highest BCUT2D eigenvalue weighted by Gasteiger charge is 2.28. The topological polar surface area (TPSA) is 45.2 Å². The summed E-state index contributed by atoms with van der Waals surface area (Å²) in [6.45, 7) is 5.11. The number of nitrogens with one attached hydrogen (secondary N) is 1. The second-order valence-electron chi connectivity index (χ2n) is 6.81. The fourth-order valence-electron chi connectivity index (χ4n) is 3.31. The number of likely N-dealkylation sites (tertiary alicyclic amines) is 1. The van der Waals surface area contributed by atoms with E-state index in [9.17, 15) is 4.79 Å². The molecule has 2 heterocycles. The second-order valence-corrected chi connectivity index (χ2v) is 6.81. The number of carbonyl (C=O) groups excluding carboxylic acids is 1. The third-order valence-corrected chi connectivity index (χ3v) is 4.96. The highest BCUT2D eigenvalue weighted by molar-refractivity contribution is 5.94. The van der Waals surface area contributed by atoms with Gasteiger partial charge in [0.1, 0.15) is 5.82 Å². The predicted molar refractivity (Wildman–Crippen MR) is 102 cm³/mol. The van der Waals surface area contributed by atoms with Gasteiger partial charge in [-0.1, -0.05) is 31.2 Å². The quantitative estimate of drug-likeness (QED) is 0.863. The van der Waals surface area contributed by atoms with Crippen molar-refractivity contribution in [2.45, 2.75) is 51.6 Å². The summed E-state index contributed by atoms with van der Waals surface area (Å²) in [6.07, 6.45) is 6.20. The zero-order valence-corrected chi connectivity index (χ0v) is 15.1. The van der Waals surface area contributed by atoms with E-state index in [2.05, 4.69) is 30.2 Å². The maximum absolute atomic E-state index is 12.9. The molecule has 1 saturated heterocycles. The molecule has 2 aromatic rings. The third kappa shape index (κ3) is 4.19. The lowest BCUT2D eigenvalue weighted by Gasteiger charge is -2.36. The van der Waals surface area contributed by atoms with Crippen molar-refractivity contribution in [2.24, 2.45) is 0 Å². The number of benzene rings is 1. The maximum atomic E-state index is 12.9. The van der Waals surface area contributed by atoms with Gasteiger partial charge < -0.3 is 10.2 Å². The molecule has 1 aromatic carbocycles. The van der Waals surface area contributed by atoms with Gasteiger partial charge in [-0.2, -0.15) is 0 Å². The zero-order valence-electron chi connectivity index (χ0n) is 15.1. The van der Waals surface area contributed by atoms with Crippen molar-refractivity contribution in [2.75, 3.05) is 11.9 Å². The molecule has 1 aromatic heterocycles. The van der Waals surface area contributed by atoms with Crippen molar-refractivity contribution in [3.8, 4) is 0 Å². The molecule has 0 aliphatic carbocycles. The van der Waals surface area contributed by atoms with E-state index in [1.165, 1.54) is 0 Å². The second kappa shape index (κ2) is 8.15. The Morgan fingerprint density at radius 3 is 2.72 bits per heavy atom. The molecule has 0 saturated carbocycles. The summed E-state index contributed by atoms with van der Waals surface area (Å²) in [5.74, 6) is 1.02. The number of anilines is 1. The highest BCUT2D eigenvalue weighted by Crippen LogP contribution is 2.32. The first-order chi connectivity index (χ1) is 12.2. The van der Waals surface area contributed by atoms with Gasteiger partial charge in [0, 0.05) is 24.3 Å². The minimum Gasteiger partial charge on any atom is -0.368 e. The van der Waals surface area contributed by atoms with Crippen LogP contribution in [0.1, 0.15) is 61.5 Å². The lowest BCUT2D eigenvalue weighted by molar-refractivity contribution is 0.0611. The molecule has 2 atom stereocenters. The predicted octanol–water partition coefficient (Wildman–Crippen LogP) is 4.66. The lowest BCUT2D eigenvalue weighted by Crippen LogP contribution is -2.38. The van der Waals surface area contributed by atoms with Gasteiger partial charge in [-0.3, -0.25) is 4.79 Å². The van der Waals surface area contributed by atoms with Gasteiger partial charge in [0.25, 0.3) is 5.91 Å². The minimum absolute atomic E-state index is 0.117. The Bertz CT molecular complexity index is 684. The first-order valence-corrected chi connectivity index (χ1v) is 9.27. The summed E-state index contributed by atoms with van der Waals surface area (Å²) in [4.78, 5) is 19.5. The first-order valence-electron chi connectivity index (χ1n) is 9.27. The Kier molecular flexibility index (Phi) is 5.69. The summed E-state index contributed by atoms with van der Waals surface area (Å²) in [5, 5.41) is 3.39. The number of pyridine rings is 1. The number of hydrogen-bond acceptors (Lipinski definition) is 3. The Hall–Kier alpha value is -2.36. The van der Waals surface area contributed by atoms with Crippen LogP contribution in [0.2, 0.25) is 0 Å². The number of nitrogens with zero attached hydrogens (tertiary/aromatic N) is 2. The average Bonchev–Trinajstić information content (AvgIpc) is 2.68. The van der Waals surface area contributed by atoms with Crippen molar-refractivity contribution < 1.29 is 4.79 Å². The Balaban J connectivity index is 1.78. The minimum atomic E-state index is 0.117. The SMILES string of the molecule is CCC(C)Nc1ccc(C2CCCCN2C(=O)c2ccccc2)cn1. The molecule has 2 unspecified atom stereocenters. The summed E-state index contributed by atoms with van der Waals surface area (Å²) < 4.78 is 0. The number of hydrogen-bond donors (Lipinski definition) is 1. The van der Waals surface area contributed by atoms with E-state index in [0.717, 1.165) is 49.2 Å². The molecule has 4 nitrogen and oxygen atoms in total. The highest BCUT2D eigenvalue weighted by atomic mass is 16.2. The van der Waals surface area contributed by atoms with E-state index in [-0.39, 0.29) is 11.9 Å². The zero-order chi connectivity index (χ0) is 17.6. The third-order valence-electron chi connectivity index (χ3n) is 4.96. The van der Waals surface area contributed by atoms with E-state index in [1.54, 1.807) is 0 Å². The molecule has 0 bridgehead atoms. The summed E-state index contributed by atoms with van der Waals surface area (Å²) in [6, 6.07) is 14.2. The van der Waals surface area contributed by atoms with Crippen LogP contribution < -0.4 is 5.32 Å². The average molecular weight is 337 g/mol. The van der Waals surface area contributed by atoms with Crippen molar-refractivity contribution in [3.05, 3.63) is 59.8 Å². The largest absolute Gasteiger partial charge is 0.368 e.